The van der Waals surface area contributed by atoms with E-state index in [0.29, 0.717) is 29.6 Å². The molecule has 0 saturated carbocycles. The van der Waals surface area contributed by atoms with Gasteiger partial charge in [-0.2, -0.15) is 4.98 Å². The van der Waals surface area contributed by atoms with E-state index >= 15 is 0 Å². The third-order valence-corrected chi connectivity index (χ3v) is 5.37. The van der Waals surface area contributed by atoms with Crippen LogP contribution in [0.4, 0.5) is 16.0 Å². The molecule has 4 rings (SSSR count). The number of halogens is 1. The van der Waals surface area contributed by atoms with Gasteiger partial charge in [-0.3, -0.25) is 0 Å². The van der Waals surface area contributed by atoms with Crippen molar-refractivity contribution >= 4 is 17.3 Å². The van der Waals surface area contributed by atoms with E-state index in [4.69, 9.17) is 4.74 Å². The highest BCUT2D eigenvalue weighted by Gasteiger charge is 2.11. The molecule has 0 radical (unpaired) electrons. The average molecular weight is 435 g/mol. The molecule has 0 aliphatic rings. The van der Waals surface area contributed by atoms with Crippen LogP contribution in [0.2, 0.25) is 0 Å². The minimum absolute atomic E-state index is 0.247. The smallest absolute Gasteiger partial charge is 0.247 e. The number of nitrogens with zero attached hydrogens (tertiary/aromatic N) is 5. The van der Waals surface area contributed by atoms with Gasteiger partial charge < -0.3 is 15.0 Å². The Bertz CT molecular complexity index is 1200. The fourth-order valence-electron chi connectivity index (χ4n) is 3.44. The van der Waals surface area contributed by atoms with Crippen LogP contribution in [0.15, 0.2) is 54.7 Å². The standard InChI is InChI=1S/C24H27FN6O/c1-4-30(5-2)13-14-32-23-16-19(11-12-26-23)27-24-28-22-8-6-7-21(31(22)29-24)18-10-9-17(3)20(25)15-18/h6-12,15-16H,4-5,13-14H2,1-3H3,(H,26,27,29). The molecule has 1 N–H and O–H groups in total. The van der Waals surface area contributed by atoms with Crippen molar-refractivity contribution in [3.63, 3.8) is 0 Å². The molecule has 0 fully saturated rings. The van der Waals surface area contributed by atoms with Gasteiger partial charge in [0, 0.05) is 30.1 Å². The molecule has 0 spiro atoms. The highest BCUT2D eigenvalue weighted by Crippen LogP contribution is 2.24. The van der Waals surface area contributed by atoms with Crippen molar-refractivity contribution < 1.29 is 9.13 Å². The van der Waals surface area contributed by atoms with Crippen molar-refractivity contribution in [1.82, 2.24) is 24.5 Å². The van der Waals surface area contributed by atoms with E-state index in [9.17, 15) is 4.39 Å². The summed E-state index contributed by atoms with van der Waals surface area (Å²) in [5.41, 5.74) is 3.54. The Balaban J connectivity index is 1.52. The first-order valence-corrected chi connectivity index (χ1v) is 10.8. The Morgan fingerprint density at radius 2 is 1.94 bits per heavy atom. The van der Waals surface area contributed by atoms with E-state index in [-0.39, 0.29) is 5.82 Å². The summed E-state index contributed by atoms with van der Waals surface area (Å²) in [7, 11) is 0. The molecule has 166 valence electrons. The summed E-state index contributed by atoms with van der Waals surface area (Å²) < 4.78 is 21.6. The van der Waals surface area contributed by atoms with Gasteiger partial charge in [0.05, 0.1) is 5.69 Å². The zero-order chi connectivity index (χ0) is 22.5. The number of aryl methyl sites for hydroxylation is 1. The zero-order valence-electron chi connectivity index (χ0n) is 18.5. The molecule has 7 nitrogen and oxygen atoms in total. The summed E-state index contributed by atoms with van der Waals surface area (Å²) in [6.45, 7) is 9.42. The summed E-state index contributed by atoms with van der Waals surface area (Å²) in [5, 5.41) is 7.78. The fraction of sp³-hybridized carbons (Fsp3) is 0.292. The van der Waals surface area contributed by atoms with E-state index < -0.39 is 0 Å². The molecule has 0 unspecified atom stereocenters. The van der Waals surface area contributed by atoms with E-state index in [2.05, 4.69) is 39.1 Å². The lowest BCUT2D eigenvalue weighted by Gasteiger charge is -2.17. The first-order chi connectivity index (χ1) is 15.6. The molecule has 0 bridgehead atoms. The molecule has 0 saturated heterocycles. The number of pyridine rings is 2. The third-order valence-electron chi connectivity index (χ3n) is 5.37. The highest BCUT2D eigenvalue weighted by molar-refractivity contribution is 5.65. The molecular weight excluding hydrogens is 407 g/mol. The Kier molecular flexibility index (Phi) is 6.61. The molecule has 32 heavy (non-hydrogen) atoms. The van der Waals surface area contributed by atoms with Gasteiger partial charge in [-0.15, -0.1) is 5.10 Å². The minimum atomic E-state index is -0.247. The van der Waals surface area contributed by atoms with Gasteiger partial charge in [0.25, 0.3) is 0 Å². The lowest BCUT2D eigenvalue weighted by atomic mass is 10.1. The Labute approximate surface area is 186 Å². The van der Waals surface area contributed by atoms with Crippen molar-refractivity contribution in [2.75, 3.05) is 31.6 Å². The van der Waals surface area contributed by atoms with Crippen molar-refractivity contribution in [2.24, 2.45) is 0 Å². The highest BCUT2D eigenvalue weighted by atomic mass is 19.1. The van der Waals surface area contributed by atoms with Gasteiger partial charge >= 0.3 is 0 Å². The third kappa shape index (κ3) is 4.86. The quantitative estimate of drug-likeness (QED) is 0.412. The monoisotopic (exact) mass is 434 g/mol. The molecule has 3 heterocycles. The number of ether oxygens (including phenoxy) is 1. The summed E-state index contributed by atoms with van der Waals surface area (Å²) >= 11 is 0. The van der Waals surface area contributed by atoms with Crippen molar-refractivity contribution in [3.8, 4) is 17.1 Å². The molecule has 0 aliphatic heterocycles. The van der Waals surface area contributed by atoms with Crippen LogP contribution in [0.5, 0.6) is 5.88 Å². The van der Waals surface area contributed by atoms with Crippen molar-refractivity contribution in [1.29, 1.82) is 0 Å². The van der Waals surface area contributed by atoms with E-state index in [1.807, 2.05) is 36.4 Å². The van der Waals surface area contributed by atoms with Crippen molar-refractivity contribution in [2.45, 2.75) is 20.8 Å². The van der Waals surface area contributed by atoms with Crippen LogP contribution in [0.25, 0.3) is 16.9 Å². The number of nitrogens with one attached hydrogen (secondary N) is 1. The lowest BCUT2D eigenvalue weighted by molar-refractivity contribution is 0.218. The van der Waals surface area contributed by atoms with Crippen LogP contribution < -0.4 is 10.1 Å². The number of anilines is 2. The Morgan fingerprint density at radius 1 is 1.09 bits per heavy atom. The van der Waals surface area contributed by atoms with E-state index in [0.717, 1.165) is 36.6 Å². The first-order valence-electron chi connectivity index (χ1n) is 10.8. The predicted octanol–water partition coefficient (Wildman–Crippen LogP) is 4.70. The number of likely N-dealkylation sites (N-methyl/N-ethyl adjacent to an activating group) is 1. The molecule has 1 aromatic carbocycles. The molecule has 3 aromatic heterocycles. The normalized spacial score (nSPS) is 11.3. The fourth-order valence-corrected chi connectivity index (χ4v) is 3.44. The summed E-state index contributed by atoms with van der Waals surface area (Å²) in [6.07, 6.45) is 1.69. The molecule has 0 amide bonds. The average Bonchev–Trinajstić information content (AvgIpc) is 3.21. The van der Waals surface area contributed by atoms with Gasteiger partial charge in [0.15, 0.2) is 5.65 Å². The maximum Gasteiger partial charge on any atom is 0.247 e. The zero-order valence-corrected chi connectivity index (χ0v) is 18.5. The van der Waals surface area contributed by atoms with Gasteiger partial charge in [0.1, 0.15) is 12.4 Å². The second kappa shape index (κ2) is 9.74. The van der Waals surface area contributed by atoms with Gasteiger partial charge in [-0.1, -0.05) is 32.0 Å². The largest absolute Gasteiger partial charge is 0.476 e. The number of benzene rings is 1. The summed E-state index contributed by atoms with van der Waals surface area (Å²) in [6, 6.07) is 14.5. The Hall–Kier alpha value is -3.52. The molecular formula is C24H27FN6O. The minimum Gasteiger partial charge on any atom is -0.476 e. The van der Waals surface area contributed by atoms with Gasteiger partial charge in [-0.05, 0) is 49.8 Å². The molecule has 4 aromatic rings. The second-order valence-corrected chi connectivity index (χ2v) is 7.46. The SMILES string of the molecule is CCN(CC)CCOc1cc(Nc2nc3cccc(-c4ccc(C)c(F)c4)n3n2)ccn1. The van der Waals surface area contributed by atoms with Crippen molar-refractivity contribution in [3.05, 3.63) is 66.1 Å². The predicted molar refractivity (Wildman–Crippen MR) is 124 cm³/mol. The number of fused-ring (bicyclic) bond motifs is 1. The van der Waals surface area contributed by atoms with Gasteiger partial charge in [0.2, 0.25) is 11.8 Å². The molecule has 8 heteroatoms. The maximum atomic E-state index is 14.1. The number of hydrogen-bond donors (Lipinski definition) is 1. The van der Waals surface area contributed by atoms with Gasteiger partial charge in [-0.25, -0.2) is 13.9 Å². The lowest BCUT2D eigenvalue weighted by Crippen LogP contribution is -2.28. The van der Waals surface area contributed by atoms with Crippen LogP contribution in [0.1, 0.15) is 19.4 Å². The topological polar surface area (TPSA) is 67.6 Å². The second-order valence-electron chi connectivity index (χ2n) is 7.46. The van der Waals surface area contributed by atoms with Crippen LogP contribution in [-0.4, -0.2) is 50.7 Å². The van der Waals surface area contributed by atoms with Crippen LogP contribution in [0.3, 0.4) is 0 Å². The van der Waals surface area contributed by atoms with Crippen LogP contribution >= 0.6 is 0 Å². The van der Waals surface area contributed by atoms with E-state index in [1.165, 1.54) is 6.07 Å². The van der Waals surface area contributed by atoms with Crippen LogP contribution in [-0.2, 0) is 0 Å². The van der Waals surface area contributed by atoms with Crippen LogP contribution in [0, 0.1) is 12.7 Å². The van der Waals surface area contributed by atoms with E-state index in [1.54, 1.807) is 23.7 Å². The maximum absolute atomic E-state index is 14.1. The summed E-state index contributed by atoms with van der Waals surface area (Å²) in [5.74, 6) is 0.732. The number of aromatic nitrogens is 4. The molecule has 0 atom stereocenters. The Morgan fingerprint density at radius 3 is 2.72 bits per heavy atom. The summed E-state index contributed by atoms with van der Waals surface area (Å²) in [4.78, 5) is 11.1. The molecule has 0 aliphatic carbocycles. The number of rotatable bonds is 9. The number of hydrogen-bond acceptors (Lipinski definition) is 6. The first kappa shape index (κ1) is 21.7.